The average Bonchev–Trinajstić information content (AvgIpc) is 3.24. The van der Waals surface area contributed by atoms with E-state index in [2.05, 4.69) is 32.6 Å². The van der Waals surface area contributed by atoms with Crippen LogP contribution in [0.15, 0.2) is 0 Å². The predicted molar refractivity (Wildman–Crippen MR) is 241 cm³/mol. The Hall–Kier alpha value is -2.36. The molecule has 10 heteroatoms. The van der Waals surface area contributed by atoms with Crippen LogP contribution < -0.4 is 0 Å². The van der Waals surface area contributed by atoms with Gasteiger partial charge in [0.25, 0.3) is 0 Å². The number of esters is 2. The van der Waals surface area contributed by atoms with Crippen molar-refractivity contribution in [3.8, 4) is 0 Å². The summed E-state index contributed by atoms with van der Waals surface area (Å²) in [6.07, 6.45) is 30.6. The van der Waals surface area contributed by atoms with Crippen molar-refractivity contribution in [2.24, 2.45) is 11.8 Å². The average molecular weight is 837 g/mol. The van der Waals surface area contributed by atoms with Crippen molar-refractivity contribution in [2.45, 2.75) is 233 Å². The van der Waals surface area contributed by atoms with Crippen molar-refractivity contribution in [2.75, 3.05) is 46.1 Å². The van der Waals surface area contributed by atoms with Gasteiger partial charge in [0.2, 0.25) is 0 Å². The molecule has 1 fully saturated rings. The van der Waals surface area contributed by atoms with Crippen molar-refractivity contribution >= 4 is 24.0 Å². The molecule has 1 saturated heterocycles. The maximum atomic E-state index is 12.8. The van der Waals surface area contributed by atoms with E-state index in [0.29, 0.717) is 70.2 Å². The summed E-state index contributed by atoms with van der Waals surface area (Å²) < 4.78 is 28.5. The number of likely N-dealkylation sites (tertiary alicyclic amines) is 1. The number of nitrogens with zero attached hydrogens (tertiary/aromatic N) is 1. The van der Waals surface area contributed by atoms with E-state index in [0.717, 1.165) is 96.7 Å². The lowest BCUT2D eigenvalue weighted by Gasteiger charge is -2.31. The Morgan fingerprint density at radius 1 is 0.576 bits per heavy atom. The van der Waals surface area contributed by atoms with Crippen molar-refractivity contribution in [1.82, 2.24) is 4.90 Å². The standard InChI is InChI=1S/C49H92N2O8/c1-5-9-12-15-16-17-18-19-22-23-32-45(59-49(54)58-40-43-31-28-37-51(8-4)39-43)33-29-38-55-47(52)36-27-26-30-44(41-56-46(50)34-24-20-13-10-6-2)42-57-48(53)35-25-21-14-11-7-3/h43-45,50H,5-42H2,1-4H3. The summed E-state index contributed by atoms with van der Waals surface area (Å²) in [5.74, 6) is 0.234. The normalized spacial score (nSPS) is 15.4. The van der Waals surface area contributed by atoms with Crippen molar-refractivity contribution in [3.05, 3.63) is 0 Å². The molecule has 0 spiro atoms. The van der Waals surface area contributed by atoms with Gasteiger partial charge in [-0.3, -0.25) is 15.0 Å². The van der Waals surface area contributed by atoms with Gasteiger partial charge in [0.05, 0.1) is 26.4 Å². The number of ether oxygens (including phenoxy) is 5. The molecule has 3 atom stereocenters. The minimum Gasteiger partial charge on any atom is -0.481 e. The second kappa shape index (κ2) is 39.8. The Labute approximate surface area is 362 Å². The summed E-state index contributed by atoms with van der Waals surface area (Å²) in [6, 6.07) is 0. The van der Waals surface area contributed by atoms with E-state index in [4.69, 9.17) is 29.1 Å². The monoisotopic (exact) mass is 837 g/mol. The van der Waals surface area contributed by atoms with E-state index >= 15 is 0 Å². The van der Waals surface area contributed by atoms with Gasteiger partial charge in [-0.25, -0.2) is 4.79 Å². The third-order valence-electron chi connectivity index (χ3n) is 11.8. The van der Waals surface area contributed by atoms with Gasteiger partial charge in [0.15, 0.2) is 5.90 Å². The number of nitrogens with one attached hydrogen (secondary N) is 1. The molecular weight excluding hydrogens is 745 g/mol. The quantitative estimate of drug-likeness (QED) is 0.0211. The summed E-state index contributed by atoms with van der Waals surface area (Å²) in [5, 5.41) is 8.27. The number of hydrogen-bond donors (Lipinski definition) is 1. The highest BCUT2D eigenvalue weighted by molar-refractivity contribution is 5.72. The minimum atomic E-state index is -0.576. The second-order valence-electron chi connectivity index (χ2n) is 17.4. The highest BCUT2D eigenvalue weighted by Gasteiger charge is 2.22. The predicted octanol–water partition coefficient (Wildman–Crippen LogP) is 13.3. The smallest absolute Gasteiger partial charge is 0.481 e. The van der Waals surface area contributed by atoms with Gasteiger partial charge in [-0.15, -0.1) is 0 Å². The molecule has 1 aliphatic rings. The highest BCUT2D eigenvalue weighted by atomic mass is 16.7. The maximum absolute atomic E-state index is 12.8. The largest absolute Gasteiger partial charge is 0.508 e. The first-order valence-corrected chi connectivity index (χ1v) is 24.9. The van der Waals surface area contributed by atoms with E-state index in [1.165, 1.54) is 83.5 Å². The van der Waals surface area contributed by atoms with Gasteiger partial charge in [-0.05, 0) is 77.3 Å². The Kier molecular flexibility index (Phi) is 36.8. The molecule has 0 aliphatic carbocycles. The fraction of sp³-hybridized carbons (Fsp3) is 0.918. The Bertz CT molecular complexity index is 996. The van der Waals surface area contributed by atoms with Crippen LogP contribution in [0.25, 0.3) is 0 Å². The zero-order chi connectivity index (χ0) is 43.0. The van der Waals surface area contributed by atoms with E-state index in [-0.39, 0.29) is 30.6 Å². The molecule has 0 saturated carbocycles. The van der Waals surface area contributed by atoms with E-state index in [1.54, 1.807) is 0 Å². The van der Waals surface area contributed by atoms with Crippen LogP contribution in [0.2, 0.25) is 0 Å². The lowest BCUT2D eigenvalue weighted by Crippen LogP contribution is -2.37. The van der Waals surface area contributed by atoms with E-state index in [9.17, 15) is 14.4 Å². The van der Waals surface area contributed by atoms with Crippen LogP contribution in [-0.4, -0.2) is 81.1 Å². The first-order chi connectivity index (χ1) is 28.8. The van der Waals surface area contributed by atoms with Crippen LogP contribution >= 0.6 is 0 Å². The molecule has 10 nitrogen and oxygen atoms in total. The molecule has 0 amide bonds. The van der Waals surface area contributed by atoms with Crippen molar-refractivity contribution in [1.29, 1.82) is 5.41 Å². The molecule has 0 radical (unpaired) electrons. The van der Waals surface area contributed by atoms with Crippen molar-refractivity contribution < 1.29 is 38.1 Å². The summed E-state index contributed by atoms with van der Waals surface area (Å²) in [7, 11) is 0. The number of hydrogen-bond acceptors (Lipinski definition) is 10. The first-order valence-electron chi connectivity index (χ1n) is 24.9. The van der Waals surface area contributed by atoms with Gasteiger partial charge in [-0.2, -0.15) is 0 Å². The third kappa shape index (κ3) is 34.0. The topological polar surface area (TPSA) is 124 Å². The molecular formula is C49H92N2O8. The molecule has 1 heterocycles. The Morgan fingerprint density at radius 3 is 1.71 bits per heavy atom. The summed E-state index contributed by atoms with van der Waals surface area (Å²) in [4.78, 5) is 40.3. The summed E-state index contributed by atoms with van der Waals surface area (Å²) >= 11 is 0. The summed E-state index contributed by atoms with van der Waals surface area (Å²) in [5.41, 5.74) is 0. The van der Waals surface area contributed by atoms with E-state index in [1.807, 2.05) is 0 Å². The van der Waals surface area contributed by atoms with E-state index < -0.39 is 6.16 Å². The van der Waals surface area contributed by atoms with Crippen LogP contribution in [0.4, 0.5) is 4.79 Å². The molecule has 0 aromatic heterocycles. The minimum absolute atomic E-state index is 0.0247. The Morgan fingerprint density at radius 2 is 1.08 bits per heavy atom. The van der Waals surface area contributed by atoms with Gasteiger partial charge in [-0.1, -0.05) is 143 Å². The number of carbonyl (C=O) groups excluding carboxylic acids is 3. The lowest BCUT2D eigenvalue weighted by molar-refractivity contribution is -0.145. The highest BCUT2D eigenvalue weighted by Crippen LogP contribution is 2.20. The zero-order valence-corrected chi connectivity index (χ0v) is 38.8. The summed E-state index contributed by atoms with van der Waals surface area (Å²) in [6.45, 7) is 13.2. The molecule has 59 heavy (non-hydrogen) atoms. The number of unbranched alkanes of at least 4 members (excludes halogenated alkanes) is 18. The molecule has 0 aromatic rings. The lowest BCUT2D eigenvalue weighted by atomic mass is 9.99. The van der Waals surface area contributed by atoms with Crippen molar-refractivity contribution in [3.63, 3.8) is 0 Å². The van der Waals surface area contributed by atoms with Crippen LogP contribution in [0, 0.1) is 17.2 Å². The van der Waals surface area contributed by atoms with Gasteiger partial charge >= 0.3 is 18.1 Å². The zero-order valence-electron chi connectivity index (χ0n) is 38.8. The fourth-order valence-corrected chi connectivity index (χ4v) is 7.87. The Balaban J connectivity index is 2.48. The first kappa shape index (κ1) is 54.7. The molecule has 0 bridgehead atoms. The molecule has 1 rings (SSSR count). The molecule has 1 N–H and O–H groups in total. The molecule has 0 aromatic carbocycles. The van der Waals surface area contributed by atoms with Gasteiger partial charge in [0, 0.05) is 37.6 Å². The van der Waals surface area contributed by atoms with Crippen LogP contribution in [0.5, 0.6) is 0 Å². The number of piperidine rings is 1. The number of rotatable bonds is 40. The van der Waals surface area contributed by atoms with Gasteiger partial charge < -0.3 is 28.6 Å². The van der Waals surface area contributed by atoms with Crippen LogP contribution in [0.3, 0.4) is 0 Å². The van der Waals surface area contributed by atoms with Crippen LogP contribution in [-0.2, 0) is 33.3 Å². The van der Waals surface area contributed by atoms with Gasteiger partial charge in [0.1, 0.15) is 6.10 Å². The van der Waals surface area contributed by atoms with Crippen LogP contribution in [0.1, 0.15) is 227 Å². The molecule has 1 aliphatic heterocycles. The number of carbonyl (C=O) groups is 3. The second-order valence-corrected chi connectivity index (χ2v) is 17.4. The molecule has 346 valence electrons. The SMILES string of the molecule is CCCCCCCCCCCCC(CCCOC(=O)CCCCC(COC(=N)CCCCCCC)COC(=O)CCCCCCC)OC(=O)OCC1CCCN(CC)C1. The fourth-order valence-electron chi connectivity index (χ4n) is 7.87. The third-order valence-corrected chi connectivity index (χ3v) is 11.8. The maximum Gasteiger partial charge on any atom is 0.508 e. The molecule has 3 unspecified atom stereocenters.